The molecular formula is C12H15BrN2O3. The number of hydrogen-bond acceptors (Lipinski definition) is 2. The van der Waals surface area contributed by atoms with E-state index in [0.717, 1.165) is 10.0 Å². The first-order valence-electron chi connectivity index (χ1n) is 5.44. The van der Waals surface area contributed by atoms with Gasteiger partial charge in [-0.3, -0.25) is 4.79 Å². The highest BCUT2D eigenvalue weighted by Crippen LogP contribution is 2.19. The largest absolute Gasteiger partial charge is 0.481 e. The summed E-state index contributed by atoms with van der Waals surface area (Å²) in [4.78, 5) is 22.1. The number of hydrogen-bond donors (Lipinski definition) is 3. The summed E-state index contributed by atoms with van der Waals surface area (Å²) >= 11 is 3.33. The topological polar surface area (TPSA) is 78.4 Å². The van der Waals surface area contributed by atoms with Crippen molar-refractivity contribution in [2.75, 3.05) is 11.9 Å². The van der Waals surface area contributed by atoms with Gasteiger partial charge in [0.2, 0.25) is 0 Å². The molecule has 18 heavy (non-hydrogen) atoms. The fraction of sp³-hybridized carbons (Fsp3) is 0.333. The Labute approximate surface area is 114 Å². The zero-order valence-corrected chi connectivity index (χ0v) is 11.7. The number of carboxylic acid groups (broad SMARTS) is 1. The fourth-order valence-electron chi connectivity index (χ4n) is 1.27. The molecule has 0 aliphatic heterocycles. The molecule has 5 nitrogen and oxygen atoms in total. The Morgan fingerprint density at radius 1 is 1.44 bits per heavy atom. The standard InChI is InChI=1S/C12H15BrN2O3/c1-7-5-9(13)3-4-10(7)15-12(18)14-6-8(2)11(16)17/h3-5,8H,6H2,1-2H3,(H,16,17)(H2,14,15,18). The number of benzene rings is 1. The summed E-state index contributed by atoms with van der Waals surface area (Å²) in [5.41, 5.74) is 1.62. The predicted octanol–water partition coefficient (Wildman–Crippen LogP) is 2.60. The van der Waals surface area contributed by atoms with Gasteiger partial charge in [0.05, 0.1) is 5.92 Å². The molecule has 0 aliphatic carbocycles. The number of anilines is 1. The van der Waals surface area contributed by atoms with Crippen molar-refractivity contribution in [3.63, 3.8) is 0 Å². The molecule has 1 unspecified atom stereocenters. The van der Waals surface area contributed by atoms with Crippen LogP contribution < -0.4 is 10.6 Å². The lowest BCUT2D eigenvalue weighted by atomic mass is 10.2. The molecular weight excluding hydrogens is 300 g/mol. The normalized spacial score (nSPS) is 11.7. The average Bonchev–Trinajstić information content (AvgIpc) is 2.29. The quantitative estimate of drug-likeness (QED) is 0.799. The molecule has 0 saturated carbocycles. The van der Waals surface area contributed by atoms with E-state index < -0.39 is 17.9 Å². The molecule has 1 atom stereocenters. The lowest BCUT2D eigenvalue weighted by molar-refractivity contribution is -0.140. The lowest BCUT2D eigenvalue weighted by Crippen LogP contribution is -2.34. The average molecular weight is 315 g/mol. The van der Waals surface area contributed by atoms with Crippen molar-refractivity contribution < 1.29 is 14.7 Å². The summed E-state index contributed by atoms with van der Waals surface area (Å²) in [7, 11) is 0. The van der Waals surface area contributed by atoms with Gasteiger partial charge in [-0.25, -0.2) is 4.79 Å². The minimum absolute atomic E-state index is 0.0940. The van der Waals surface area contributed by atoms with E-state index in [1.165, 1.54) is 6.92 Å². The Balaban J connectivity index is 2.52. The number of carbonyl (C=O) groups is 2. The van der Waals surface area contributed by atoms with Gasteiger partial charge in [0.15, 0.2) is 0 Å². The van der Waals surface area contributed by atoms with Gasteiger partial charge in [0.25, 0.3) is 0 Å². The molecule has 0 aliphatic rings. The predicted molar refractivity (Wildman–Crippen MR) is 72.7 cm³/mol. The zero-order valence-electron chi connectivity index (χ0n) is 10.2. The first-order valence-corrected chi connectivity index (χ1v) is 6.23. The second-order valence-electron chi connectivity index (χ2n) is 4.03. The smallest absolute Gasteiger partial charge is 0.319 e. The third-order valence-corrected chi connectivity index (χ3v) is 2.92. The molecule has 0 radical (unpaired) electrons. The van der Waals surface area contributed by atoms with Gasteiger partial charge in [-0.15, -0.1) is 0 Å². The molecule has 3 N–H and O–H groups in total. The maximum Gasteiger partial charge on any atom is 0.319 e. The molecule has 0 spiro atoms. The van der Waals surface area contributed by atoms with Gasteiger partial charge < -0.3 is 15.7 Å². The molecule has 0 saturated heterocycles. The van der Waals surface area contributed by atoms with Crippen LogP contribution in [0, 0.1) is 12.8 Å². The van der Waals surface area contributed by atoms with Crippen LogP contribution >= 0.6 is 15.9 Å². The van der Waals surface area contributed by atoms with Crippen molar-refractivity contribution in [2.24, 2.45) is 5.92 Å². The van der Waals surface area contributed by atoms with Crippen LogP contribution in [0.3, 0.4) is 0 Å². The lowest BCUT2D eigenvalue weighted by Gasteiger charge is -2.11. The van der Waals surface area contributed by atoms with E-state index in [9.17, 15) is 9.59 Å². The Bertz CT molecular complexity index is 463. The summed E-state index contributed by atoms with van der Waals surface area (Å²) in [6.45, 7) is 3.50. The molecule has 2 amide bonds. The van der Waals surface area contributed by atoms with Crippen molar-refractivity contribution in [3.8, 4) is 0 Å². The number of amides is 2. The number of urea groups is 1. The molecule has 1 aromatic rings. The Morgan fingerprint density at radius 2 is 2.11 bits per heavy atom. The van der Waals surface area contributed by atoms with Gasteiger partial charge in [0, 0.05) is 16.7 Å². The van der Waals surface area contributed by atoms with Crippen LogP contribution in [0.15, 0.2) is 22.7 Å². The molecule has 1 aromatic carbocycles. The van der Waals surface area contributed by atoms with E-state index in [-0.39, 0.29) is 6.54 Å². The molecule has 6 heteroatoms. The van der Waals surface area contributed by atoms with E-state index in [1.54, 1.807) is 6.07 Å². The first kappa shape index (κ1) is 14.5. The number of carbonyl (C=O) groups excluding carboxylic acids is 1. The fourth-order valence-corrected chi connectivity index (χ4v) is 1.74. The minimum Gasteiger partial charge on any atom is -0.481 e. The monoisotopic (exact) mass is 314 g/mol. The van der Waals surface area contributed by atoms with Crippen LogP contribution in [0.25, 0.3) is 0 Å². The number of aliphatic carboxylic acids is 1. The highest BCUT2D eigenvalue weighted by atomic mass is 79.9. The zero-order chi connectivity index (χ0) is 13.7. The molecule has 0 bridgehead atoms. The van der Waals surface area contributed by atoms with Crippen LogP contribution in [-0.2, 0) is 4.79 Å². The molecule has 1 rings (SSSR count). The highest BCUT2D eigenvalue weighted by Gasteiger charge is 2.12. The van der Waals surface area contributed by atoms with Crippen LogP contribution in [0.5, 0.6) is 0 Å². The van der Waals surface area contributed by atoms with Crippen LogP contribution in [0.1, 0.15) is 12.5 Å². The number of carboxylic acids is 1. The third-order valence-electron chi connectivity index (χ3n) is 2.43. The van der Waals surface area contributed by atoms with Gasteiger partial charge in [-0.2, -0.15) is 0 Å². The van der Waals surface area contributed by atoms with Crippen molar-refractivity contribution in [1.82, 2.24) is 5.32 Å². The van der Waals surface area contributed by atoms with Gasteiger partial charge in [-0.1, -0.05) is 22.9 Å². The van der Waals surface area contributed by atoms with Gasteiger partial charge in [-0.05, 0) is 30.7 Å². The summed E-state index contributed by atoms with van der Waals surface area (Å²) in [5.74, 6) is -1.54. The highest BCUT2D eigenvalue weighted by molar-refractivity contribution is 9.10. The number of rotatable bonds is 4. The van der Waals surface area contributed by atoms with Crippen LogP contribution in [-0.4, -0.2) is 23.7 Å². The summed E-state index contributed by atoms with van der Waals surface area (Å²) in [5, 5.41) is 13.9. The SMILES string of the molecule is Cc1cc(Br)ccc1NC(=O)NCC(C)C(=O)O. The first-order chi connectivity index (χ1) is 8.40. The van der Waals surface area contributed by atoms with Crippen molar-refractivity contribution in [2.45, 2.75) is 13.8 Å². The van der Waals surface area contributed by atoms with Crippen molar-refractivity contribution >= 4 is 33.6 Å². The maximum absolute atomic E-state index is 11.5. The Morgan fingerprint density at radius 3 is 2.67 bits per heavy atom. The second kappa shape index (κ2) is 6.39. The number of halogens is 1. The van der Waals surface area contributed by atoms with E-state index in [0.29, 0.717) is 5.69 Å². The van der Waals surface area contributed by atoms with E-state index in [2.05, 4.69) is 26.6 Å². The molecule has 0 aromatic heterocycles. The number of aryl methyl sites for hydroxylation is 1. The Kier molecular flexibility index (Phi) is 5.15. The van der Waals surface area contributed by atoms with Gasteiger partial charge in [0.1, 0.15) is 0 Å². The van der Waals surface area contributed by atoms with Crippen LogP contribution in [0.4, 0.5) is 10.5 Å². The Hall–Kier alpha value is -1.56. The molecule has 0 fully saturated rings. The molecule has 0 heterocycles. The second-order valence-corrected chi connectivity index (χ2v) is 4.95. The summed E-state index contributed by atoms with van der Waals surface area (Å²) in [6, 6.07) is 5.07. The number of nitrogens with one attached hydrogen (secondary N) is 2. The summed E-state index contributed by atoms with van der Waals surface area (Å²) < 4.78 is 0.936. The van der Waals surface area contributed by atoms with E-state index in [4.69, 9.17) is 5.11 Å². The third kappa shape index (κ3) is 4.37. The summed E-state index contributed by atoms with van der Waals surface area (Å²) in [6.07, 6.45) is 0. The molecule has 98 valence electrons. The van der Waals surface area contributed by atoms with Gasteiger partial charge >= 0.3 is 12.0 Å². The van der Waals surface area contributed by atoms with E-state index in [1.807, 2.05) is 19.1 Å². The minimum atomic E-state index is -0.935. The van der Waals surface area contributed by atoms with Crippen LogP contribution in [0.2, 0.25) is 0 Å². The van der Waals surface area contributed by atoms with E-state index >= 15 is 0 Å². The maximum atomic E-state index is 11.5. The van der Waals surface area contributed by atoms with Crippen molar-refractivity contribution in [1.29, 1.82) is 0 Å². The van der Waals surface area contributed by atoms with Crippen molar-refractivity contribution in [3.05, 3.63) is 28.2 Å².